The highest BCUT2D eigenvalue weighted by molar-refractivity contribution is 9.10. The highest BCUT2D eigenvalue weighted by Gasteiger charge is 2.26. The van der Waals surface area contributed by atoms with Gasteiger partial charge in [0.05, 0.1) is 17.4 Å². The van der Waals surface area contributed by atoms with Gasteiger partial charge in [-0.1, -0.05) is 22.9 Å². The molecule has 3 rings (SSSR count). The van der Waals surface area contributed by atoms with Crippen LogP contribution in [0, 0.1) is 5.92 Å². The summed E-state index contributed by atoms with van der Waals surface area (Å²) < 4.78 is 0.897. The smallest absolute Gasteiger partial charge is 0.256 e. The molecule has 112 valence electrons. The number of hydrogen-bond donors (Lipinski definition) is 1. The van der Waals surface area contributed by atoms with E-state index in [1.807, 2.05) is 24.1 Å². The van der Waals surface area contributed by atoms with E-state index in [-0.39, 0.29) is 5.91 Å². The van der Waals surface area contributed by atoms with Gasteiger partial charge in [0, 0.05) is 17.6 Å². The van der Waals surface area contributed by atoms with Crippen molar-refractivity contribution in [1.29, 1.82) is 0 Å². The SMILES string of the molecule is CC1CCC(N(C)C(=O)c2cc(Br)cc3[nH]cnc23)CC1. The molecule has 1 saturated carbocycles. The van der Waals surface area contributed by atoms with Crippen molar-refractivity contribution in [3.05, 3.63) is 28.5 Å². The zero-order valence-electron chi connectivity index (χ0n) is 12.4. The van der Waals surface area contributed by atoms with E-state index in [0.717, 1.165) is 34.3 Å². The van der Waals surface area contributed by atoms with Crippen LogP contribution in [0.5, 0.6) is 0 Å². The van der Waals surface area contributed by atoms with Crippen LogP contribution >= 0.6 is 15.9 Å². The molecule has 4 nitrogen and oxygen atoms in total. The van der Waals surface area contributed by atoms with E-state index in [1.54, 1.807) is 6.33 Å². The first-order chi connectivity index (χ1) is 10.1. The number of hydrogen-bond acceptors (Lipinski definition) is 2. The maximum atomic E-state index is 12.8. The minimum absolute atomic E-state index is 0.0629. The van der Waals surface area contributed by atoms with Crippen LogP contribution in [0.1, 0.15) is 43.0 Å². The molecule has 0 spiro atoms. The van der Waals surface area contributed by atoms with E-state index in [1.165, 1.54) is 12.8 Å². The third-order valence-electron chi connectivity index (χ3n) is 4.57. The molecule has 1 aliphatic rings. The van der Waals surface area contributed by atoms with Gasteiger partial charge in [-0.3, -0.25) is 4.79 Å². The summed E-state index contributed by atoms with van der Waals surface area (Å²) in [5.41, 5.74) is 2.30. The number of imidazole rings is 1. The van der Waals surface area contributed by atoms with Crippen molar-refractivity contribution in [2.75, 3.05) is 7.05 Å². The Balaban J connectivity index is 1.88. The Morgan fingerprint density at radius 3 is 2.76 bits per heavy atom. The van der Waals surface area contributed by atoms with Gasteiger partial charge in [-0.2, -0.15) is 0 Å². The Hall–Kier alpha value is -1.36. The molecule has 0 saturated heterocycles. The molecule has 1 amide bonds. The second-order valence-corrected chi connectivity index (χ2v) is 7.00. The second kappa shape index (κ2) is 5.79. The van der Waals surface area contributed by atoms with E-state index in [2.05, 4.69) is 32.8 Å². The summed E-state index contributed by atoms with van der Waals surface area (Å²) >= 11 is 3.47. The molecule has 0 atom stereocenters. The van der Waals surface area contributed by atoms with E-state index in [0.29, 0.717) is 11.6 Å². The van der Waals surface area contributed by atoms with Gasteiger partial charge in [-0.25, -0.2) is 4.98 Å². The highest BCUT2D eigenvalue weighted by atomic mass is 79.9. The van der Waals surface area contributed by atoms with Crippen LogP contribution in [-0.2, 0) is 0 Å². The average Bonchev–Trinajstić information content (AvgIpc) is 2.93. The van der Waals surface area contributed by atoms with Crippen molar-refractivity contribution in [3.8, 4) is 0 Å². The summed E-state index contributed by atoms with van der Waals surface area (Å²) in [6.07, 6.45) is 6.25. The number of nitrogens with zero attached hydrogens (tertiary/aromatic N) is 2. The zero-order valence-corrected chi connectivity index (χ0v) is 14.0. The number of carbonyl (C=O) groups is 1. The number of H-pyrrole nitrogens is 1. The molecule has 1 aromatic carbocycles. The van der Waals surface area contributed by atoms with Gasteiger partial charge in [-0.05, 0) is 43.7 Å². The van der Waals surface area contributed by atoms with Crippen LogP contribution in [0.25, 0.3) is 11.0 Å². The van der Waals surface area contributed by atoms with Gasteiger partial charge >= 0.3 is 0 Å². The third kappa shape index (κ3) is 2.84. The Labute approximate surface area is 133 Å². The first-order valence-electron chi connectivity index (χ1n) is 7.46. The maximum absolute atomic E-state index is 12.8. The summed E-state index contributed by atoms with van der Waals surface area (Å²) in [6, 6.07) is 4.16. The largest absolute Gasteiger partial charge is 0.345 e. The molecular weight excluding hydrogens is 330 g/mol. The Bertz CT molecular complexity index is 659. The summed E-state index contributed by atoms with van der Waals surface area (Å²) in [5, 5.41) is 0. The standard InChI is InChI=1S/C16H20BrN3O/c1-10-3-5-12(6-4-10)20(2)16(21)13-7-11(17)8-14-15(13)19-9-18-14/h7-10,12H,3-6H2,1-2H3,(H,18,19). The zero-order chi connectivity index (χ0) is 15.0. The van der Waals surface area contributed by atoms with Crippen molar-refractivity contribution in [1.82, 2.24) is 14.9 Å². The quantitative estimate of drug-likeness (QED) is 0.891. The Kier molecular flexibility index (Phi) is 4.02. The lowest BCUT2D eigenvalue weighted by Crippen LogP contribution is -2.39. The fraction of sp³-hybridized carbons (Fsp3) is 0.500. The Morgan fingerprint density at radius 2 is 2.05 bits per heavy atom. The predicted octanol–water partition coefficient (Wildman–Crippen LogP) is 3.98. The maximum Gasteiger partial charge on any atom is 0.256 e. The fourth-order valence-electron chi connectivity index (χ4n) is 3.16. The van der Waals surface area contributed by atoms with Crippen molar-refractivity contribution >= 4 is 32.9 Å². The molecule has 2 aromatic rings. The van der Waals surface area contributed by atoms with Crippen molar-refractivity contribution in [2.45, 2.75) is 38.6 Å². The van der Waals surface area contributed by atoms with Crippen molar-refractivity contribution < 1.29 is 4.79 Å². The number of benzene rings is 1. The van der Waals surface area contributed by atoms with Gasteiger partial charge in [0.2, 0.25) is 0 Å². The minimum atomic E-state index is 0.0629. The number of carbonyl (C=O) groups excluding carboxylic acids is 1. The molecule has 1 N–H and O–H groups in total. The first kappa shape index (κ1) is 14.6. The summed E-state index contributed by atoms with van der Waals surface area (Å²) in [4.78, 5) is 22.1. The predicted molar refractivity (Wildman–Crippen MR) is 87.3 cm³/mol. The van der Waals surface area contributed by atoms with E-state index in [4.69, 9.17) is 0 Å². The lowest BCUT2D eigenvalue weighted by atomic mass is 9.86. The molecule has 1 aromatic heterocycles. The number of fused-ring (bicyclic) bond motifs is 1. The minimum Gasteiger partial charge on any atom is -0.345 e. The summed E-state index contributed by atoms with van der Waals surface area (Å²) in [7, 11) is 1.92. The number of aromatic nitrogens is 2. The van der Waals surface area contributed by atoms with Gasteiger partial charge in [0.15, 0.2) is 0 Å². The number of halogens is 1. The highest BCUT2D eigenvalue weighted by Crippen LogP contribution is 2.29. The van der Waals surface area contributed by atoms with E-state index < -0.39 is 0 Å². The lowest BCUT2D eigenvalue weighted by molar-refractivity contribution is 0.0681. The van der Waals surface area contributed by atoms with Gasteiger partial charge in [0.25, 0.3) is 5.91 Å². The fourth-order valence-corrected chi connectivity index (χ4v) is 3.62. The average molecular weight is 350 g/mol. The molecular formula is C16H20BrN3O. The lowest BCUT2D eigenvalue weighted by Gasteiger charge is -2.33. The molecule has 0 aliphatic heterocycles. The van der Waals surface area contributed by atoms with E-state index in [9.17, 15) is 4.79 Å². The van der Waals surface area contributed by atoms with Crippen LogP contribution in [0.15, 0.2) is 22.9 Å². The van der Waals surface area contributed by atoms with Gasteiger partial charge < -0.3 is 9.88 Å². The second-order valence-electron chi connectivity index (χ2n) is 6.08. The van der Waals surface area contributed by atoms with Crippen molar-refractivity contribution in [3.63, 3.8) is 0 Å². The normalized spacial score (nSPS) is 22.4. The van der Waals surface area contributed by atoms with Gasteiger partial charge in [0.1, 0.15) is 5.52 Å². The van der Waals surface area contributed by atoms with E-state index >= 15 is 0 Å². The molecule has 0 radical (unpaired) electrons. The molecule has 21 heavy (non-hydrogen) atoms. The van der Waals surface area contributed by atoms with Crippen LogP contribution in [0.4, 0.5) is 0 Å². The molecule has 1 aliphatic carbocycles. The number of rotatable bonds is 2. The Morgan fingerprint density at radius 1 is 1.33 bits per heavy atom. The molecule has 0 unspecified atom stereocenters. The number of amides is 1. The number of aromatic amines is 1. The summed E-state index contributed by atoms with van der Waals surface area (Å²) in [5.74, 6) is 0.849. The van der Waals surface area contributed by atoms with Crippen LogP contribution < -0.4 is 0 Å². The topological polar surface area (TPSA) is 49.0 Å². The molecule has 0 bridgehead atoms. The summed E-state index contributed by atoms with van der Waals surface area (Å²) in [6.45, 7) is 2.29. The van der Waals surface area contributed by atoms with Crippen molar-refractivity contribution in [2.24, 2.45) is 5.92 Å². The van der Waals surface area contributed by atoms with Crippen LogP contribution in [0.3, 0.4) is 0 Å². The molecule has 5 heteroatoms. The van der Waals surface area contributed by atoms with Crippen LogP contribution in [0.2, 0.25) is 0 Å². The molecule has 1 fully saturated rings. The monoisotopic (exact) mass is 349 g/mol. The number of nitrogens with one attached hydrogen (secondary N) is 1. The third-order valence-corrected chi connectivity index (χ3v) is 5.03. The van der Waals surface area contributed by atoms with Crippen LogP contribution in [-0.4, -0.2) is 33.9 Å². The van der Waals surface area contributed by atoms with Gasteiger partial charge in [-0.15, -0.1) is 0 Å². The molecule has 1 heterocycles. The first-order valence-corrected chi connectivity index (χ1v) is 8.25.